The number of hydrogen-bond acceptors (Lipinski definition) is 12. The minimum atomic E-state index is -0.189. The lowest BCUT2D eigenvalue weighted by molar-refractivity contribution is -0.116. The average molecular weight is 603 g/mol. The van der Waals surface area contributed by atoms with Crippen LogP contribution in [0.15, 0.2) is 46.6 Å². The van der Waals surface area contributed by atoms with Crippen LogP contribution in [-0.2, 0) is 22.4 Å². The van der Waals surface area contributed by atoms with E-state index in [1.165, 1.54) is 22.7 Å². The van der Waals surface area contributed by atoms with Gasteiger partial charge in [0.15, 0.2) is 0 Å². The summed E-state index contributed by atoms with van der Waals surface area (Å²) in [6.45, 7) is 0. The van der Waals surface area contributed by atoms with Crippen LogP contribution in [0.4, 0.5) is 10.3 Å². The zero-order valence-corrected chi connectivity index (χ0v) is 24.9. The zero-order valence-electron chi connectivity index (χ0n) is 23.2. The van der Waals surface area contributed by atoms with E-state index in [1.807, 2.05) is 24.3 Å². The third kappa shape index (κ3) is 7.91. The highest BCUT2D eigenvalue weighted by atomic mass is 32.1. The second kappa shape index (κ2) is 14.0. The Bertz CT molecular complexity index is 1450. The van der Waals surface area contributed by atoms with Crippen LogP contribution in [0.1, 0.15) is 70.0 Å². The first kappa shape index (κ1) is 29.2. The first-order valence-corrected chi connectivity index (χ1v) is 15.1. The largest absolute Gasteiger partial charge is 0.300 e. The lowest BCUT2D eigenvalue weighted by atomic mass is 9.82. The molecule has 12 nitrogen and oxygen atoms in total. The van der Waals surface area contributed by atoms with E-state index in [-0.39, 0.29) is 36.5 Å². The summed E-state index contributed by atoms with van der Waals surface area (Å²) in [6.07, 6.45) is 11.0. The van der Waals surface area contributed by atoms with Gasteiger partial charge in [-0.15, -0.1) is 20.4 Å². The van der Waals surface area contributed by atoms with Crippen molar-refractivity contribution in [3.8, 4) is 0 Å². The van der Waals surface area contributed by atoms with Gasteiger partial charge in [0.05, 0.1) is 12.8 Å². The van der Waals surface area contributed by atoms with Crippen LogP contribution in [0.3, 0.4) is 0 Å². The van der Waals surface area contributed by atoms with Crippen molar-refractivity contribution in [2.75, 3.05) is 24.7 Å². The Kier molecular flexibility index (Phi) is 9.77. The van der Waals surface area contributed by atoms with Gasteiger partial charge in [-0.3, -0.25) is 29.5 Å². The fourth-order valence-electron chi connectivity index (χ4n) is 4.73. The monoisotopic (exact) mass is 602 g/mol. The summed E-state index contributed by atoms with van der Waals surface area (Å²) in [6, 6.07) is 7.38. The first-order chi connectivity index (χ1) is 20.5. The molecule has 0 spiro atoms. The number of carbonyl (C=O) groups is 2. The smallest absolute Gasteiger partial charge is 0.232 e. The van der Waals surface area contributed by atoms with E-state index in [1.54, 1.807) is 38.9 Å². The lowest BCUT2D eigenvalue weighted by Gasteiger charge is -2.25. The molecule has 216 valence electrons. The molecule has 5 rings (SSSR count). The van der Waals surface area contributed by atoms with Crippen molar-refractivity contribution < 1.29 is 9.59 Å². The van der Waals surface area contributed by atoms with Crippen LogP contribution in [0.25, 0.3) is 0 Å². The molecule has 2 amide bonds. The standard InChI is InChI=1S/C28H30N10O2S2/c1-29-13-17-6-8-21(31-15-17)11-23(39)33-27-37-35-25(41-27)19-4-3-5-20(10-19)26-36-38-28(42-26)34-24(40)12-22-9-7-18(14-30-2)16-32-22/h6-9,13-16,19-20H,3-5,10-12H2,1-2H3,(H,33,37,39)(H,34,38,40)/b29-13+,30-14+/t19-,20-/m0/s1. The molecule has 2 atom stereocenters. The Morgan fingerprint density at radius 3 is 1.67 bits per heavy atom. The van der Waals surface area contributed by atoms with Gasteiger partial charge in [0, 0.05) is 73.3 Å². The van der Waals surface area contributed by atoms with Crippen LogP contribution in [0.5, 0.6) is 0 Å². The Balaban J connectivity index is 1.12. The maximum absolute atomic E-state index is 12.5. The van der Waals surface area contributed by atoms with E-state index in [9.17, 15) is 9.59 Å². The van der Waals surface area contributed by atoms with Crippen LogP contribution >= 0.6 is 22.7 Å². The maximum Gasteiger partial charge on any atom is 0.232 e. The predicted molar refractivity (Wildman–Crippen MR) is 164 cm³/mol. The van der Waals surface area contributed by atoms with E-state index < -0.39 is 0 Å². The number of aliphatic imine (C=N–C) groups is 2. The fourth-order valence-corrected chi connectivity index (χ4v) is 6.54. The number of rotatable bonds is 10. The molecule has 4 aromatic heterocycles. The Morgan fingerprint density at radius 2 is 1.26 bits per heavy atom. The maximum atomic E-state index is 12.5. The third-order valence-electron chi connectivity index (χ3n) is 6.68. The van der Waals surface area contributed by atoms with Gasteiger partial charge in [-0.2, -0.15) is 0 Å². The summed E-state index contributed by atoms with van der Waals surface area (Å²) >= 11 is 2.82. The lowest BCUT2D eigenvalue weighted by Crippen LogP contribution is -2.15. The molecule has 4 aromatic rings. The van der Waals surface area contributed by atoms with Crippen molar-refractivity contribution in [3.05, 3.63) is 69.2 Å². The molecule has 0 aromatic carbocycles. The van der Waals surface area contributed by atoms with Crippen molar-refractivity contribution in [2.45, 2.75) is 50.4 Å². The van der Waals surface area contributed by atoms with Crippen molar-refractivity contribution in [1.82, 2.24) is 30.4 Å². The highest BCUT2D eigenvalue weighted by Gasteiger charge is 2.29. The van der Waals surface area contributed by atoms with Crippen molar-refractivity contribution in [1.29, 1.82) is 0 Å². The Hall–Kier alpha value is -4.30. The van der Waals surface area contributed by atoms with E-state index in [0.717, 1.165) is 46.8 Å². The highest BCUT2D eigenvalue weighted by molar-refractivity contribution is 7.15. The zero-order chi connectivity index (χ0) is 29.3. The molecule has 0 unspecified atom stereocenters. The van der Waals surface area contributed by atoms with Crippen molar-refractivity contribution in [3.63, 3.8) is 0 Å². The SMILES string of the molecule is C/N=C/c1ccc(CC(=O)Nc2nnc([C@H]3CCC[C@H](c4nnc(NC(=O)Cc5ccc(/C=N/C)cn5)s4)C3)s2)nc1. The van der Waals surface area contributed by atoms with Gasteiger partial charge < -0.3 is 10.6 Å². The first-order valence-electron chi connectivity index (χ1n) is 13.5. The fraction of sp³-hybridized carbons (Fsp3) is 0.357. The molecule has 0 aliphatic heterocycles. The highest BCUT2D eigenvalue weighted by Crippen LogP contribution is 2.43. The van der Waals surface area contributed by atoms with E-state index in [4.69, 9.17) is 0 Å². The van der Waals surface area contributed by atoms with Crippen LogP contribution in [0, 0.1) is 0 Å². The van der Waals surface area contributed by atoms with Crippen molar-refractivity contribution in [2.24, 2.45) is 9.98 Å². The predicted octanol–water partition coefficient (Wildman–Crippen LogP) is 4.08. The molecule has 1 fully saturated rings. The molecule has 1 aliphatic carbocycles. The van der Waals surface area contributed by atoms with Crippen LogP contribution in [0.2, 0.25) is 0 Å². The number of carbonyl (C=O) groups excluding carboxylic acids is 2. The summed E-state index contributed by atoms with van der Waals surface area (Å²) < 4.78 is 0. The van der Waals surface area contributed by atoms with E-state index in [0.29, 0.717) is 21.7 Å². The molecule has 0 saturated heterocycles. The number of nitrogens with one attached hydrogen (secondary N) is 2. The molecule has 1 aliphatic rings. The number of hydrogen-bond donors (Lipinski definition) is 2. The minimum absolute atomic E-state index is 0.150. The summed E-state index contributed by atoms with van der Waals surface area (Å²) in [5.41, 5.74) is 3.10. The summed E-state index contributed by atoms with van der Waals surface area (Å²) in [7, 11) is 3.40. The summed E-state index contributed by atoms with van der Waals surface area (Å²) in [4.78, 5) is 41.6. The molecule has 4 heterocycles. The van der Waals surface area contributed by atoms with Gasteiger partial charge in [-0.05, 0) is 31.4 Å². The van der Waals surface area contributed by atoms with Gasteiger partial charge in [0.25, 0.3) is 0 Å². The Morgan fingerprint density at radius 1 is 0.786 bits per heavy atom. The summed E-state index contributed by atoms with van der Waals surface area (Å²) in [5, 5.41) is 25.6. The molecular formula is C28H30N10O2S2. The summed E-state index contributed by atoms with van der Waals surface area (Å²) in [5.74, 6) is 0.0572. The minimum Gasteiger partial charge on any atom is -0.300 e. The van der Waals surface area contributed by atoms with Crippen LogP contribution < -0.4 is 10.6 Å². The van der Waals surface area contributed by atoms with E-state index in [2.05, 4.69) is 51.0 Å². The number of pyridine rings is 2. The normalized spacial score (nSPS) is 17.1. The van der Waals surface area contributed by atoms with Gasteiger partial charge in [0.2, 0.25) is 22.1 Å². The molecule has 42 heavy (non-hydrogen) atoms. The number of anilines is 2. The van der Waals surface area contributed by atoms with Crippen molar-refractivity contribution >= 4 is 57.2 Å². The van der Waals surface area contributed by atoms with Gasteiger partial charge in [-0.1, -0.05) is 41.2 Å². The molecule has 0 bridgehead atoms. The Labute approximate surface area is 250 Å². The van der Waals surface area contributed by atoms with Crippen LogP contribution in [-0.4, -0.2) is 68.7 Å². The third-order valence-corrected chi connectivity index (χ3v) is 8.68. The molecule has 2 N–H and O–H groups in total. The number of nitrogens with zero attached hydrogens (tertiary/aromatic N) is 8. The number of aromatic nitrogens is 6. The average Bonchev–Trinajstić information content (AvgIpc) is 3.65. The molecule has 1 saturated carbocycles. The van der Waals surface area contributed by atoms with Gasteiger partial charge in [-0.25, -0.2) is 0 Å². The van der Waals surface area contributed by atoms with E-state index >= 15 is 0 Å². The molecule has 14 heteroatoms. The number of amides is 2. The molecular weight excluding hydrogens is 573 g/mol. The second-order valence-corrected chi connectivity index (χ2v) is 11.9. The quantitative estimate of drug-likeness (QED) is 0.257. The topological polar surface area (TPSA) is 160 Å². The molecule has 0 radical (unpaired) electrons. The van der Waals surface area contributed by atoms with Gasteiger partial charge in [0.1, 0.15) is 10.0 Å². The van der Waals surface area contributed by atoms with Gasteiger partial charge >= 0.3 is 0 Å². The second-order valence-electron chi connectivity index (χ2n) is 9.84.